The zero-order valence-electron chi connectivity index (χ0n) is 12.4. The zero-order valence-corrected chi connectivity index (χ0v) is 12.4. The SMILES string of the molecule is CCCCN1CC(c2ccccc2)NCC1CCC. The van der Waals surface area contributed by atoms with Gasteiger partial charge in [0.25, 0.3) is 0 Å². The van der Waals surface area contributed by atoms with E-state index in [-0.39, 0.29) is 0 Å². The Labute approximate surface area is 118 Å². The van der Waals surface area contributed by atoms with Gasteiger partial charge in [-0.25, -0.2) is 0 Å². The molecule has 1 saturated heterocycles. The summed E-state index contributed by atoms with van der Waals surface area (Å²) in [5.41, 5.74) is 1.43. The highest BCUT2D eigenvalue weighted by molar-refractivity contribution is 5.20. The van der Waals surface area contributed by atoms with Crippen molar-refractivity contribution >= 4 is 0 Å². The molecule has 1 N–H and O–H groups in total. The molecule has 1 aliphatic heterocycles. The third-order valence-corrected chi connectivity index (χ3v) is 4.16. The molecule has 0 saturated carbocycles. The largest absolute Gasteiger partial charge is 0.307 e. The van der Waals surface area contributed by atoms with E-state index >= 15 is 0 Å². The normalized spacial score (nSPS) is 24.5. The Kier molecular flexibility index (Phi) is 5.87. The quantitative estimate of drug-likeness (QED) is 0.840. The topological polar surface area (TPSA) is 15.3 Å². The summed E-state index contributed by atoms with van der Waals surface area (Å²) in [6.45, 7) is 8.13. The second-order valence-corrected chi connectivity index (χ2v) is 5.66. The number of benzene rings is 1. The van der Waals surface area contributed by atoms with Crippen LogP contribution in [0.5, 0.6) is 0 Å². The molecule has 0 aromatic heterocycles. The standard InChI is InChI=1S/C17H28N2/c1-3-5-12-19-14-17(15-10-7-6-8-11-15)18-13-16(19)9-4-2/h6-8,10-11,16-18H,3-5,9,12-14H2,1-2H3. The minimum atomic E-state index is 0.506. The number of hydrogen-bond donors (Lipinski definition) is 1. The van der Waals surface area contributed by atoms with Gasteiger partial charge in [-0.3, -0.25) is 4.90 Å². The van der Waals surface area contributed by atoms with Gasteiger partial charge in [-0.15, -0.1) is 0 Å². The summed E-state index contributed by atoms with van der Waals surface area (Å²) in [6, 6.07) is 12.1. The second-order valence-electron chi connectivity index (χ2n) is 5.66. The molecule has 0 radical (unpaired) electrons. The molecular weight excluding hydrogens is 232 g/mol. The van der Waals surface area contributed by atoms with E-state index in [2.05, 4.69) is 54.4 Å². The van der Waals surface area contributed by atoms with Crippen LogP contribution in [0, 0.1) is 0 Å². The third-order valence-electron chi connectivity index (χ3n) is 4.16. The molecule has 2 atom stereocenters. The molecule has 19 heavy (non-hydrogen) atoms. The van der Waals surface area contributed by atoms with Crippen molar-refractivity contribution in [1.82, 2.24) is 10.2 Å². The maximum atomic E-state index is 3.74. The monoisotopic (exact) mass is 260 g/mol. The fourth-order valence-electron chi connectivity index (χ4n) is 3.02. The minimum absolute atomic E-state index is 0.506. The van der Waals surface area contributed by atoms with Crippen LogP contribution >= 0.6 is 0 Å². The van der Waals surface area contributed by atoms with E-state index in [1.54, 1.807) is 0 Å². The Balaban J connectivity index is 1.99. The molecule has 0 bridgehead atoms. The van der Waals surface area contributed by atoms with Crippen LogP contribution in [-0.4, -0.2) is 30.6 Å². The Morgan fingerprint density at radius 3 is 2.63 bits per heavy atom. The molecule has 1 aliphatic rings. The number of rotatable bonds is 6. The average Bonchev–Trinajstić information content (AvgIpc) is 2.47. The lowest BCUT2D eigenvalue weighted by Gasteiger charge is -2.40. The van der Waals surface area contributed by atoms with E-state index in [0.717, 1.165) is 19.1 Å². The minimum Gasteiger partial charge on any atom is -0.307 e. The van der Waals surface area contributed by atoms with Crippen molar-refractivity contribution in [2.75, 3.05) is 19.6 Å². The van der Waals surface area contributed by atoms with Crippen molar-refractivity contribution in [3.8, 4) is 0 Å². The molecule has 1 aromatic rings. The summed E-state index contributed by atoms with van der Waals surface area (Å²) < 4.78 is 0. The highest BCUT2D eigenvalue weighted by Crippen LogP contribution is 2.22. The van der Waals surface area contributed by atoms with Gasteiger partial charge in [0, 0.05) is 25.2 Å². The van der Waals surface area contributed by atoms with Crippen molar-refractivity contribution < 1.29 is 0 Å². The van der Waals surface area contributed by atoms with E-state index in [4.69, 9.17) is 0 Å². The van der Waals surface area contributed by atoms with Crippen LogP contribution in [0.4, 0.5) is 0 Å². The molecule has 2 unspecified atom stereocenters. The van der Waals surface area contributed by atoms with Crippen LogP contribution in [0.2, 0.25) is 0 Å². The highest BCUT2D eigenvalue weighted by Gasteiger charge is 2.27. The van der Waals surface area contributed by atoms with Crippen molar-refractivity contribution in [2.45, 2.75) is 51.6 Å². The van der Waals surface area contributed by atoms with Crippen LogP contribution in [0.1, 0.15) is 51.1 Å². The van der Waals surface area contributed by atoms with E-state index in [1.807, 2.05) is 0 Å². The van der Waals surface area contributed by atoms with Gasteiger partial charge in [0.1, 0.15) is 0 Å². The van der Waals surface area contributed by atoms with E-state index < -0.39 is 0 Å². The van der Waals surface area contributed by atoms with E-state index in [9.17, 15) is 0 Å². The number of hydrogen-bond acceptors (Lipinski definition) is 2. The first-order chi connectivity index (χ1) is 9.35. The Hall–Kier alpha value is -0.860. The second kappa shape index (κ2) is 7.66. The fourth-order valence-corrected chi connectivity index (χ4v) is 3.02. The summed E-state index contributed by atoms with van der Waals surface area (Å²) in [4.78, 5) is 2.71. The van der Waals surface area contributed by atoms with Gasteiger partial charge in [-0.05, 0) is 24.9 Å². The van der Waals surface area contributed by atoms with Crippen molar-refractivity contribution in [2.24, 2.45) is 0 Å². The summed E-state index contributed by atoms with van der Waals surface area (Å²) in [7, 11) is 0. The maximum absolute atomic E-state index is 3.74. The predicted octanol–water partition coefficient (Wildman–Crippen LogP) is 3.60. The lowest BCUT2D eigenvalue weighted by atomic mass is 9.99. The number of nitrogens with zero attached hydrogens (tertiary/aromatic N) is 1. The van der Waals surface area contributed by atoms with E-state index in [1.165, 1.54) is 37.8 Å². The summed E-state index contributed by atoms with van der Waals surface area (Å²) >= 11 is 0. The Morgan fingerprint density at radius 2 is 1.95 bits per heavy atom. The third kappa shape index (κ3) is 4.05. The van der Waals surface area contributed by atoms with Gasteiger partial charge >= 0.3 is 0 Å². The predicted molar refractivity (Wildman–Crippen MR) is 82.4 cm³/mol. The van der Waals surface area contributed by atoms with Gasteiger partial charge < -0.3 is 5.32 Å². The Morgan fingerprint density at radius 1 is 1.16 bits per heavy atom. The highest BCUT2D eigenvalue weighted by atomic mass is 15.2. The molecule has 1 fully saturated rings. The fraction of sp³-hybridized carbons (Fsp3) is 0.647. The maximum Gasteiger partial charge on any atom is 0.0449 e. The van der Waals surface area contributed by atoms with Gasteiger partial charge in [0.15, 0.2) is 0 Å². The van der Waals surface area contributed by atoms with Crippen molar-refractivity contribution in [3.63, 3.8) is 0 Å². The van der Waals surface area contributed by atoms with Gasteiger partial charge in [-0.1, -0.05) is 57.0 Å². The zero-order chi connectivity index (χ0) is 13.5. The number of nitrogens with one attached hydrogen (secondary N) is 1. The number of unbranched alkanes of at least 4 members (excludes halogenated alkanes) is 1. The molecule has 0 amide bonds. The molecule has 2 heteroatoms. The van der Waals surface area contributed by atoms with Gasteiger partial charge in [0.2, 0.25) is 0 Å². The molecule has 0 aliphatic carbocycles. The summed E-state index contributed by atoms with van der Waals surface area (Å²) in [5, 5.41) is 3.74. The van der Waals surface area contributed by atoms with Gasteiger partial charge in [-0.2, -0.15) is 0 Å². The van der Waals surface area contributed by atoms with Crippen molar-refractivity contribution in [1.29, 1.82) is 0 Å². The molecular formula is C17H28N2. The first kappa shape index (κ1) is 14.5. The smallest absolute Gasteiger partial charge is 0.0449 e. The lowest BCUT2D eigenvalue weighted by Crippen LogP contribution is -2.52. The molecule has 1 heterocycles. The summed E-state index contributed by atoms with van der Waals surface area (Å²) in [5.74, 6) is 0. The number of piperazine rings is 1. The van der Waals surface area contributed by atoms with Crippen LogP contribution in [-0.2, 0) is 0 Å². The van der Waals surface area contributed by atoms with Crippen LogP contribution in [0.3, 0.4) is 0 Å². The van der Waals surface area contributed by atoms with Crippen LogP contribution < -0.4 is 5.32 Å². The van der Waals surface area contributed by atoms with Crippen LogP contribution in [0.15, 0.2) is 30.3 Å². The van der Waals surface area contributed by atoms with E-state index in [0.29, 0.717) is 6.04 Å². The molecule has 106 valence electrons. The molecule has 2 rings (SSSR count). The summed E-state index contributed by atoms with van der Waals surface area (Å²) in [6.07, 6.45) is 5.21. The lowest BCUT2D eigenvalue weighted by molar-refractivity contribution is 0.121. The molecule has 0 spiro atoms. The van der Waals surface area contributed by atoms with Crippen LogP contribution in [0.25, 0.3) is 0 Å². The average molecular weight is 260 g/mol. The molecule has 2 nitrogen and oxygen atoms in total. The molecule has 1 aromatic carbocycles. The first-order valence-corrected chi connectivity index (χ1v) is 7.87. The van der Waals surface area contributed by atoms with Crippen molar-refractivity contribution in [3.05, 3.63) is 35.9 Å². The Bertz CT molecular complexity index is 350. The first-order valence-electron chi connectivity index (χ1n) is 7.87. The van der Waals surface area contributed by atoms with Gasteiger partial charge in [0.05, 0.1) is 0 Å².